The average molecular weight is 220 g/mol. The molecule has 0 aromatic heterocycles. The molecule has 0 saturated carbocycles. The molecule has 0 atom stereocenters. The minimum absolute atomic E-state index is 0.370. The van der Waals surface area contributed by atoms with E-state index in [2.05, 4.69) is 44.4 Å². The van der Waals surface area contributed by atoms with Crippen molar-refractivity contribution in [3.8, 4) is 0 Å². The van der Waals surface area contributed by atoms with Gasteiger partial charge in [-0.25, -0.2) is 9.59 Å². The normalized spacial score (nSPS) is 9.33. The molecule has 6 N–H and O–H groups in total. The molecule has 0 saturated heterocycles. The number of rotatable bonds is 0. The summed E-state index contributed by atoms with van der Waals surface area (Å²) in [5, 5.41) is 14.4. The maximum Gasteiger partial charge on any atom is 0.402 e. The van der Waals surface area contributed by atoms with E-state index in [1.807, 2.05) is 6.92 Å². The molecule has 0 radical (unpaired) electrons. The molecule has 0 unspecified atom stereocenters. The number of nitrogens with two attached hydrogens (primary N) is 2. The van der Waals surface area contributed by atoms with Crippen molar-refractivity contribution in [2.45, 2.75) is 27.7 Å². The van der Waals surface area contributed by atoms with Crippen LogP contribution in [-0.4, -0.2) is 22.4 Å². The molecule has 6 nitrogen and oxygen atoms in total. The standard InChI is InChI=1S/C7H14.2CH3NO2/c1-5-6-7(2,3)4;2*2-1(3)4/h5-6H,1-4H3;2*2H2,(H,3,4). The van der Waals surface area contributed by atoms with Crippen LogP contribution in [0.5, 0.6) is 0 Å². The summed E-state index contributed by atoms with van der Waals surface area (Å²) in [5.41, 5.74) is 8.43. The van der Waals surface area contributed by atoms with Crippen LogP contribution in [0.25, 0.3) is 0 Å². The van der Waals surface area contributed by atoms with Crippen molar-refractivity contribution >= 4 is 12.2 Å². The number of allylic oxidation sites excluding steroid dienone is 2. The van der Waals surface area contributed by atoms with E-state index in [0.717, 1.165) is 0 Å². The van der Waals surface area contributed by atoms with E-state index in [1.165, 1.54) is 0 Å². The van der Waals surface area contributed by atoms with Crippen molar-refractivity contribution in [3.63, 3.8) is 0 Å². The van der Waals surface area contributed by atoms with Gasteiger partial charge in [0.05, 0.1) is 0 Å². The van der Waals surface area contributed by atoms with Gasteiger partial charge in [-0.1, -0.05) is 32.9 Å². The van der Waals surface area contributed by atoms with Crippen molar-refractivity contribution in [3.05, 3.63) is 12.2 Å². The topological polar surface area (TPSA) is 127 Å². The van der Waals surface area contributed by atoms with Gasteiger partial charge in [-0.2, -0.15) is 0 Å². The molecule has 0 aromatic rings. The van der Waals surface area contributed by atoms with E-state index in [-0.39, 0.29) is 0 Å². The van der Waals surface area contributed by atoms with Crippen molar-refractivity contribution < 1.29 is 19.8 Å². The van der Waals surface area contributed by atoms with Crippen LogP contribution >= 0.6 is 0 Å². The third-order valence-electron chi connectivity index (χ3n) is 0.667. The Labute approximate surface area is 89.6 Å². The SMILES string of the molecule is CC=CC(C)(C)C.NC(=O)O.NC(=O)O. The lowest BCUT2D eigenvalue weighted by molar-refractivity contribution is 0.204. The molecule has 90 valence electrons. The van der Waals surface area contributed by atoms with E-state index in [9.17, 15) is 0 Å². The molecule has 15 heavy (non-hydrogen) atoms. The predicted molar refractivity (Wildman–Crippen MR) is 58.7 cm³/mol. The van der Waals surface area contributed by atoms with E-state index < -0.39 is 12.2 Å². The third kappa shape index (κ3) is 250. The van der Waals surface area contributed by atoms with Gasteiger partial charge >= 0.3 is 12.2 Å². The molecule has 0 spiro atoms. The summed E-state index contributed by atoms with van der Waals surface area (Å²) < 4.78 is 0. The first-order valence-corrected chi connectivity index (χ1v) is 4.13. The highest BCUT2D eigenvalue weighted by Gasteiger charge is 2.00. The second-order valence-electron chi connectivity index (χ2n) is 3.54. The molecule has 6 heteroatoms. The van der Waals surface area contributed by atoms with Crippen LogP contribution in [0.4, 0.5) is 9.59 Å². The molecule has 0 aliphatic rings. The Morgan fingerprint density at radius 1 is 1.07 bits per heavy atom. The number of carbonyl (C=O) groups is 2. The highest BCUT2D eigenvalue weighted by molar-refractivity contribution is 5.61. The van der Waals surface area contributed by atoms with Crippen LogP contribution in [0.15, 0.2) is 12.2 Å². The van der Waals surface area contributed by atoms with E-state index in [4.69, 9.17) is 19.8 Å². The van der Waals surface area contributed by atoms with Crippen LogP contribution in [0, 0.1) is 5.41 Å². The fraction of sp³-hybridized carbons (Fsp3) is 0.556. The lowest BCUT2D eigenvalue weighted by Crippen LogP contribution is -2.03. The highest BCUT2D eigenvalue weighted by atomic mass is 16.4. The molecule has 0 aliphatic heterocycles. The van der Waals surface area contributed by atoms with Crippen molar-refractivity contribution in [1.82, 2.24) is 0 Å². The monoisotopic (exact) mass is 220 g/mol. The predicted octanol–water partition coefficient (Wildman–Crippen LogP) is 1.85. The molecular formula is C9H20N2O4. The molecule has 0 heterocycles. The van der Waals surface area contributed by atoms with Gasteiger partial charge < -0.3 is 21.7 Å². The van der Waals surface area contributed by atoms with Crippen LogP contribution in [0.3, 0.4) is 0 Å². The molecule has 0 aliphatic carbocycles. The zero-order valence-electron chi connectivity index (χ0n) is 9.52. The lowest BCUT2D eigenvalue weighted by atomic mass is 9.97. The molecular weight excluding hydrogens is 200 g/mol. The Morgan fingerprint density at radius 2 is 1.27 bits per heavy atom. The number of carboxylic acid groups (broad SMARTS) is 2. The Morgan fingerprint density at radius 3 is 1.27 bits per heavy atom. The van der Waals surface area contributed by atoms with Gasteiger partial charge in [0, 0.05) is 0 Å². The van der Waals surface area contributed by atoms with Crippen LogP contribution in [0.1, 0.15) is 27.7 Å². The Balaban J connectivity index is -0.000000155. The summed E-state index contributed by atoms with van der Waals surface area (Å²) in [6.45, 7) is 8.61. The van der Waals surface area contributed by atoms with E-state index in [1.54, 1.807) is 0 Å². The van der Waals surface area contributed by atoms with E-state index >= 15 is 0 Å². The third-order valence-corrected chi connectivity index (χ3v) is 0.667. The lowest BCUT2D eigenvalue weighted by Gasteiger charge is -2.09. The Hall–Kier alpha value is -1.72. The summed E-state index contributed by atoms with van der Waals surface area (Å²) in [6, 6.07) is 0. The van der Waals surface area contributed by atoms with Gasteiger partial charge in [-0.3, -0.25) is 0 Å². The molecule has 2 amide bonds. The summed E-state index contributed by atoms with van der Waals surface area (Å²) in [6.07, 6.45) is 1.60. The summed E-state index contributed by atoms with van der Waals surface area (Å²) >= 11 is 0. The minimum Gasteiger partial charge on any atom is -0.465 e. The largest absolute Gasteiger partial charge is 0.465 e. The molecule has 0 aromatic carbocycles. The maximum atomic E-state index is 8.78. The zero-order chi connectivity index (χ0) is 13.1. The van der Waals surface area contributed by atoms with Crippen LogP contribution in [0.2, 0.25) is 0 Å². The minimum atomic E-state index is -1.33. The zero-order valence-corrected chi connectivity index (χ0v) is 9.52. The van der Waals surface area contributed by atoms with Gasteiger partial charge in [-0.15, -0.1) is 0 Å². The first-order chi connectivity index (χ1) is 6.52. The molecule has 0 bridgehead atoms. The second kappa shape index (κ2) is 10.4. The maximum absolute atomic E-state index is 8.78. The molecule has 0 fully saturated rings. The Kier molecular flexibility index (Phi) is 13.1. The summed E-state index contributed by atoms with van der Waals surface area (Å²) in [7, 11) is 0. The van der Waals surface area contributed by atoms with Crippen LogP contribution < -0.4 is 11.5 Å². The smallest absolute Gasteiger partial charge is 0.402 e. The highest BCUT2D eigenvalue weighted by Crippen LogP contribution is 2.13. The van der Waals surface area contributed by atoms with Crippen molar-refractivity contribution in [2.24, 2.45) is 16.9 Å². The fourth-order valence-corrected chi connectivity index (χ4v) is 0.500. The number of hydrogen-bond donors (Lipinski definition) is 4. The van der Waals surface area contributed by atoms with Crippen molar-refractivity contribution in [2.75, 3.05) is 0 Å². The van der Waals surface area contributed by atoms with Gasteiger partial charge in [0.2, 0.25) is 0 Å². The summed E-state index contributed by atoms with van der Waals surface area (Å²) in [4.78, 5) is 17.6. The quantitative estimate of drug-likeness (QED) is 0.464. The molecule has 0 rings (SSSR count). The average Bonchev–Trinajstić information content (AvgIpc) is 1.79. The van der Waals surface area contributed by atoms with Gasteiger partial charge in [0.1, 0.15) is 0 Å². The Bertz CT molecular complexity index is 187. The first kappa shape index (κ1) is 18.9. The number of amides is 2. The first-order valence-electron chi connectivity index (χ1n) is 4.13. The summed E-state index contributed by atoms with van der Waals surface area (Å²) in [5.74, 6) is 0. The number of primary amides is 2. The van der Waals surface area contributed by atoms with Crippen molar-refractivity contribution in [1.29, 1.82) is 0 Å². The number of hydrogen-bond acceptors (Lipinski definition) is 2. The fourth-order valence-electron chi connectivity index (χ4n) is 0.500. The van der Waals surface area contributed by atoms with Gasteiger partial charge in [-0.05, 0) is 12.3 Å². The van der Waals surface area contributed by atoms with Crippen LogP contribution in [-0.2, 0) is 0 Å². The van der Waals surface area contributed by atoms with Gasteiger partial charge in [0.15, 0.2) is 0 Å². The second-order valence-corrected chi connectivity index (χ2v) is 3.54. The van der Waals surface area contributed by atoms with E-state index in [0.29, 0.717) is 5.41 Å². The van der Waals surface area contributed by atoms with Gasteiger partial charge in [0.25, 0.3) is 0 Å².